The molecule has 2 unspecified atom stereocenters. The van der Waals surface area contributed by atoms with Gasteiger partial charge in [-0.15, -0.1) is 0 Å². The molecule has 1 saturated heterocycles. The number of alkyl carbamates (subject to hydrolysis) is 1. The third-order valence-electron chi connectivity index (χ3n) is 7.50. The van der Waals surface area contributed by atoms with E-state index < -0.39 is 23.5 Å². The van der Waals surface area contributed by atoms with Gasteiger partial charge >= 0.3 is 12.1 Å². The van der Waals surface area contributed by atoms with Crippen molar-refractivity contribution in [1.29, 1.82) is 0 Å². The topological polar surface area (TPSA) is 95.9 Å². The van der Waals surface area contributed by atoms with Gasteiger partial charge in [0.15, 0.2) is 0 Å². The summed E-state index contributed by atoms with van der Waals surface area (Å²) in [6.07, 6.45) is 2.45. The van der Waals surface area contributed by atoms with E-state index in [1.54, 1.807) is 11.8 Å². The maximum Gasteiger partial charge on any atom is 0.407 e. The van der Waals surface area contributed by atoms with Gasteiger partial charge in [-0.2, -0.15) is 0 Å². The summed E-state index contributed by atoms with van der Waals surface area (Å²) < 4.78 is 5.65. The van der Waals surface area contributed by atoms with Crippen molar-refractivity contribution < 1.29 is 24.2 Å². The van der Waals surface area contributed by atoms with Gasteiger partial charge in [-0.25, -0.2) is 4.79 Å². The smallest absolute Gasteiger partial charge is 0.407 e. The van der Waals surface area contributed by atoms with Crippen LogP contribution in [0, 0.1) is 11.3 Å². The lowest BCUT2D eigenvalue weighted by molar-refractivity contribution is -0.147. The Labute approximate surface area is 199 Å². The molecule has 7 heteroatoms. The Morgan fingerprint density at radius 3 is 2.26 bits per heavy atom. The number of benzene rings is 2. The van der Waals surface area contributed by atoms with Gasteiger partial charge in [0.1, 0.15) is 12.6 Å². The summed E-state index contributed by atoms with van der Waals surface area (Å²) in [6.45, 7) is 2.40. The fourth-order valence-corrected chi connectivity index (χ4v) is 5.23. The van der Waals surface area contributed by atoms with E-state index in [4.69, 9.17) is 4.74 Å². The van der Waals surface area contributed by atoms with Crippen LogP contribution in [-0.2, 0) is 14.3 Å². The van der Waals surface area contributed by atoms with Crippen molar-refractivity contribution in [2.45, 2.75) is 44.6 Å². The van der Waals surface area contributed by atoms with E-state index in [0.29, 0.717) is 25.3 Å². The molecule has 1 heterocycles. The van der Waals surface area contributed by atoms with Gasteiger partial charge in [0.05, 0.1) is 5.41 Å². The average molecular weight is 463 g/mol. The van der Waals surface area contributed by atoms with Crippen molar-refractivity contribution >= 4 is 18.0 Å². The zero-order chi connectivity index (χ0) is 23.9. The number of likely N-dealkylation sites (tertiary alicyclic amines) is 1. The first-order valence-corrected chi connectivity index (χ1v) is 12.0. The van der Waals surface area contributed by atoms with Gasteiger partial charge in [0, 0.05) is 19.0 Å². The zero-order valence-electron chi connectivity index (χ0n) is 19.3. The molecule has 0 radical (unpaired) electrons. The lowest BCUT2D eigenvalue weighted by atomic mass is 9.90. The molecule has 34 heavy (non-hydrogen) atoms. The monoisotopic (exact) mass is 462 g/mol. The summed E-state index contributed by atoms with van der Waals surface area (Å²) in [4.78, 5) is 39.2. The van der Waals surface area contributed by atoms with Gasteiger partial charge in [-0.1, -0.05) is 61.4 Å². The highest BCUT2D eigenvalue weighted by Gasteiger charge is 2.44. The standard InChI is InChI=1S/C27H30N2O5/c1-27(25(31)32)12-13-29(16-27)24(30)23(14-17-10-11-17)28-26(33)34-15-22-20-8-4-2-6-18(20)19-7-3-5-9-21(19)22/h2-9,17,22-23H,10-16H2,1H3,(H,28,33)(H,31,32). The minimum Gasteiger partial charge on any atom is -0.481 e. The van der Waals surface area contributed by atoms with Gasteiger partial charge in [0.25, 0.3) is 0 Å². The van der Waals surface area contributed by atoms with Crippen LogP contribution in [0.5, 0.6) is 0 Å². The number of aliphatic carboxylic acids is 1. The summed E-state index contributed by atoms with van der Waals surface area (Å²) in [6, 6.07) is 15.6. The molecule has 2 N–H and O–H groups in total. The lowest BCUT2D eigenvalue weighted by Crippen LogP contribution is -2.49. The van der Waals surface area contributed by atoms with Crippen molar-refractivity contribution in [3.63, 3.8) is 0 Å². The van der Waals surface area contributed by atoms with E-state index in [0.717, 1.165) is 35.1 Å². The fraction of sp³-hybridized carbons (Fsp3) is 0.444. The van der Waals surface area contributed by atoms with E-state index in [1.807, 2.05) is 24.3 Å². The van der Waals surface area contributed by atoms with E-state index in [1.165, 1.54) is 0 Å². The molecule has 2 atom stereocenters. The van der Waals surface area contributed by atoms with Gasteiger partial charge in [0.2, 0.25) is 5.91 Å². The number of carboxylic acid groups (broad SMARTS) is 1. The number of ether oxygens (including phenoxy) is 1. The Morgan fingerprint density at radius 2 is 1.71 bits per heavy atom. The number of carboxylic acids is 1. The zero-order valence-corrected chi connectivity index (χ0v) is 19.3. The largest absolute Gasteiger partial charge is 0.481 e. The fourth-order valence-electron chi connectivity index (χ4n) is 5.23. The van der Waals surface area contributed by atoms with Crippen LogP contribution >= 0.6 is 0 Å². The molecule has 178 valence electrons. The number of nitrogens with zero attached hydrogens (tertiary/aromatic N) is 1. The van der Waals surface area contributed by atoms with E-state index in [9.17, 15) is 19.5 Å². The van der Waals surface area contributed by atoms with Gasteiger partial charge in [-0.05, 0) is 47.9 Å². The highest BCUT2D eigenvalue weighted by molar-refractivity contribution is 5.87. The lowest BCUT2D eigenvalue weighted by Gasteiger charge is -2.26. The normalized spacial score (nSPS) is 22.1. The Morgan fingerprint density at radius 1 is 1.09 bits per heavy atom. The number of rotatable bonds is 7. The molecule has 2 aliphatic carbocycles. The van der Waals surface area contributed by atoms with Crippen LogP contribution in [0.15, 0.2) is 48.5 Å². The van der Waals surface area contributed by atoms with E-state index in [2.05, 4.69) is 29.6 Å². The maximum absolute atomic E-state index is 13.2. The van der Waals surface area contributed by atoms with Crippen LogP contribution in [0.1, 0.15) is 49.7 Å². The summed E-state index contributed by atoms with van der Waals surface area (Å²) in [5, 5.41) is 12.3. The van der Waals surface area contributed by atoms with E-state index >= 15 is 0 Å². The predicted molar refractivity (Wildman–Crippen MR) is 126 cm³/mol. The molecule has 1 saturated carbocycles. The van der Waals surface area contributed by atoms with Gasteiger partial charge < -0.3 is 20.1 Å². The van der Waals surface area contributed by atoms with Crippen LogP contribution < -0.4 is 5.32 Å². The molecule has 2 amide bonds. The molecule has 1 aliphatic heterocycles. The third kappa shape index (κ3) is 4.27. The Kier molecular flexibility index (Phi) is 5.80. The summed E-state index contributed by atoms with van der Waals surface area (Å²) in [5.74, 6) is -0.752. The highest BCUT2D eigenvalue weighted by Crippen LogP contribution is 2.44. The molecule has 0 bridgehead atoms. The van der Waals surface area contributed by atoms with Crippen molar-refractivity contribution in [2.75, 3.05) is 19.7 Å². The van der Waals surface area contributed by atoms with Crippen LogP contribution in [0.4, 0.5) is 4.79 Å². The first-order chi connectivity index (χ1) is 16.4. The molecule has 2 aromatic carbocycles. The van der Waals surface area contributed by atoms with Crippen molar-refractivity contribution in [3.8, 4) is 11.1 Å². The molecule has 2 fully saturated rings. The average Bonchev–Trinajstić information content (AvgIpc) is 3.47. The maximum atomic E-state index is 13.2. The number of carbonyl (C=O) groups excluding carboxylic acids is 2. The van der Waals surface area contributed by atoms with E-state index in [-0.39, 0.29) is 25.0 Å². The minimum atomic E-state index is -0.941. The quantitative estimate of drug-likeness (QED) is 0.648. The van der Waals surface area contributed by atoms with Crippen LogP contribution in [0.3, 0.4) is 0 Å². The molecule has 0 spiro atoms. The first kappa shape index (κ1) is 22.4. The summed E-state index contributed by atoms with van der Waals surface area (Å²) in [5.41, 5.74) is 3.64. The predicted octanol–water partition coefficient (Wildman–Crippen LogP) is 4.02. The third-order valence-corrected chi connectivity index (χ3v) is 7.50. The van der Waals surface area contributed by atoms with Crippen LogP contribution in [0.2, 0.25) is 0 Å². The molecular formula is C27H30N2O5. The summed E-state index contributed by atoms with van der Waals surface area (Å²) in [7, 11) is 0. The number of nitrogens with one attached hydrogen (secondary N) is 1. The molecule has 3 aliphatic rings. The van der Waals surface area contributed by atoms with Crippen molar-refractivity contribution in [2.24, 2.45) is 11.3 Å². The van der Waals surface area contributed by atoms with Crippen molar-refractivity contribution in [1.82, 2.24) is 10.2 Å². The van der Waals surface area contributed by atoms with Gasteiger partial charge in [-0.3, -0.25) is 9.59 Å². The second-order valence-corrected chi connectivity index (χ2v) is 10.1. The first-order valence-electron chi connectivity index (χ1n) is 12.0. The van der Waals surface area contributed by atoms with Crippen LogP contribution in [0.25, 0.3) is 11.1 Å². The van der Waals surface area contributed by atoms with Crippen LogP contribution in [-0.4, -0.2) is 53.7 Å². The molecule has 7 nitrogen and oxygen atoms in total. The number of hydrogen-bond acceptors (Lipinski definition) is 4. The Bertz CT molecular complexity index is 1080. The second kappa shape index (κ2) is 8.78. The SMILES string of the molecule is CC1(C(=O)O)CCN(C(=O)C(CC2CC2)NC(=O)OCC2c3ccccc3-c3ccccc32)C1. The highest BCUT2D eigenvalue weighted by atomic mass is 16.5. The Hall–Kier alpha value is -3.35. The Balaban J connectivity index is 1.24. The van der Waals surface area contributed by atoms with Crippen molar-refractivity contribution in [3.05, 3.63) is 59.7 Å². The molecular weight excluding hydrogens is 432 g/mol. The summed E-state index contributed by atoms with van der Waals surface area (Å²) >= 11 is 0. The molecule has 5 rings (SSSR count). The molecule has 2 aromatic rings. The second-order valence-electron chi connectivity index (χ2n) is 10.1. The molecule has 0 aromatic heterocycles. The number of amides is 2. The number of carbonyl (C=O) groups is 3. The number of fused-ring (bicyclic) bond motifs is 3. The minimum absolute atomic E-state index is 0.0504. The number of hydrogen-bond donors (Lipinski definition) is 2.